The van der Waals surface area contributed by atoms with Crippen molar-refractivity contribution < 1.29 is 9.59 Å². The van der Waals surface area contributed by atoms with Crippen LogP contribution in [0.25, 0.3) is 11.0 Å². The number of fused-ring (bicyclic) bond motifs is 1. The maximum Gasteiger partial charge on any atom is 0.263 e. The van der Waals surface area contributed by atoms with Gasteiger partial charge in [-0.2, -0.15) is 0 Å². The van der Waals surface area contributed by atoms with Crippen LogP contribution in [0.15, 0.2) is 47.7 Å². The highest BCUT2D eigenvalue weighted by Crippen LogP contribution is 2.18. The zero-order valence-electron chi connectivity index (χ0n) is 16.9. The van der Waals surface area contributed by atoms with Crippen molar-refractivity contribution in [1.29, 1.82) is 0 Å². The van der Waals surface area contributed by atoms with Crippen molar-refractivity contribution in [3.63, 3.8) is 0 Å². The third kappa shape index (κ3) is 4.27. The van der Waals surface area contributed by atoms with E-state index in [1.165, 1.54) is 23.3 Å². The fraction of sp³-hybridized carbons (Fsp3) is 0.364. The summed E-state index contributed by atoms with van der Waals surface area (Å²) in [6.45, 7) is -0.174. The van der Waals surface area contributed by atoms with Gasteiger partial charge in [-0.05, 0) is 43.2 Å². The molecule has 1 aliphatic rings. The zero-order chi connectivity index (χ0) is 21.1. The van der Waals surface area contributed by atoms with Gasteiger partial charge in [0, 0.05) is 25.0 Å². The number of hydrogen-bond donors (Lipinski definition) is 2. The van der Waals surface area contributed by atoms with Gasteiger partial charge in [0.2, 0.25) is 5.91 Å². The van der Waals surface area contributed by atoms with E-state index in [1.807, 2.05) is 23.7 Å². The minimum atomic E-state index is -0.469. The van der Waals surface area contributed by atoms with E-state index >= 15 is 0 Å². The Labute approximate surface area is 173 Å². The molecule has 4 rings (SSSR count). The molecule has 3 aromatic rings. The molecule has 0 unspecified atom stereocenters. The van der Waals surface area contributed by atoms with Gasteiger partial charge in [-0.3, -0.25) is 14.4 Å². The summed E-state index contributed by atoms with van der Waals surface area (Å²) in [7, 11) is 1.88. The van der Waals surface area contributed by atoms with E-state index in [-0.39, 0.29) is 30.0 Å². The number of aromatic nitrogens is 3. The number of imidazole rings is 1. The average molecular weight is 407 g/mol. The van der Waals surface area contributed by atoms with E-state index in [1.54, 1.807) is 18.5 Å². The number of rotatable bonds is 5. The van der Waals surface area contributed by atoms with Crippen LogP contribution in [0.5, 0.6) is 0 Å². The van der Waals surface area contributed by atoms with Crippen molar-refractivity contribution in [2.24, 2.45) is 7.05 Å². The molecular formula is C22H25N5O3. The van der Waals surface area contributed by atoms with Gasteiger partial charge < -0.3 is 19.8 Å². The maximum absolute atomic E-state index is 12.7. The number of carbonyl (C=O) groups excluding carboxylic acids is 2. The molecule has 1 fully saturated rings. The first-order chi connectivity index (χ1) is 14.5. The van der Waals surface area contributed by atoms with Gasteiger partial charge in [-0.25, -0.2) is 4.98 Å². The fourth-order valence-corrected chi connectivity index (χ4v) is 3.90. The second kappa shape index (κ2) is 8.52. The van der Waals surface area contributed by atoms with Crippen LogP contribution in [-0.4, -0.2) is 32.0 Å². The first kappa shape index (κ1) is 19.9. The summed E-state index contributed by atoms with van der Waals surface area (Å²) in [6.07, 6.45) is 8.48. The highest BCUT2D eigenvalue weighted by atomic mass is 16.2. The number of amides is 2. The smallest absolute Gasteiger partial charge is 0.263 e. The molecule has 0 bridgehead atoms. The van der Waals surface area contributed by atoms with Crippen molar-refractivity contribution in [1.82, 2.24) is 19.4 Å². The van der Waals surface area contributed by atoms with Gasteiger partial charge in [0.05, 0.1) is 17.4 Å². The number of anilines is 1. The SMILES string of the molecule is Cn1cnc2ccc(NC(=O)Cn3cccc(C(=O)NC4CCCCC4)c3=O)cc21. The summed E-state index contributed by atoms with van der Waals surface area (Å²) in [6, 6.07) is 8.66. The fourth-order valence-electron chi connectivity index (χ4n) is 3.90. The minimum absolute atomic E-state index is 0.0622. The van der Waals surface area contributed by atoms with Gasteiger partial charge in [0.1, 0.15) is 12.1 Å². The van der Waals surface area contributed by atoms with Crippen LogP contribution >= 0.6 is 0 Å². The first-order valence-corrected chi connectivity index (χ1v) is 10.2. The lowest BCUT2D eigenvalue weighted by atomic mass is 9.95. The predicted octanol–water partition coefficient (Wildman–Crippen LogP) is 2.44. The van der Waals surface area contributed by atoms with Crippen molar-refractivity contribution in [3.05, 3.63) is 58.8 Å². The molecule has 8 heteroatoms. The van der Waals surface area contributed by atoms with E-state index < -0.39 is 5.56 Å². The molecule has 30 heavy (non-hydrogen) atoms. The Kier molecular flexibility index (Phi) is 5.65. The number of aryl methyl sites for hydroxylation is 1. The monoisotopic (exact) mass is 407 g/mol. The quantitative estimate of drug-likeness (QED) is 0.679. The summed E-state index contributed by atoms with van der Waals surface area (Å²) in [5, 5.41) is 5.76. The molecule has 2 N–H and O–H groups in total. The molecule has 1 aliphatic carbocycles. The van der Waals surface area contributed by atoms with Gasteiger partial charge >= 0.3 is 0 Å². The summed E-state index contributed by atoms with van der Waals surface area (Å²) < 4.78 is 3.12. The van der Waals surface area contributed by atoms with Crippen LogP contribution in [0.3, 0.4) is 0 Å². The number of benzene rings is 1. The lowest BCUT2D eigenvalue weighted by Crippen LogP contribution is -2.40. The molecule has 0 radical (unpaired) electrons. The van der Waals surface area contributed by atoms with Crippen LogP contribution in [0.1, 0.15) is 42.5 Å². The number of pyridine rings is 1. The Morgan fingerprint density at radius 3 is 2.77 bits per heavy atom. The second-order valence-electron chi connectivity index (χ2n) is 7.77. The van der Waals surface area contributed by atoms with Gasteiger partial charge in [0.15, 0.2) is 0 Å². The number of hydrogen-bond acceptors (Lipinski definition) is 4. The van der Waals surface area contributed by atoms with E-state index in [0.29, 0.717) is 5.69 Å². The van der Waals surface area contributed by atoms with Crippen molar-refractivity contribution >= 4 is 28.5 Å². The van der Waals surface area contributed by atoms with Gasteiger partial charge in [-0.1, -0.05) is 19.3 Å². The van der Waals surface area contributed by atoms with Crippen molar-refractivity contribution in [2.45, 2.75) is 44.7 Å². The molecule has 1 saturated carbocycles. The molecule has 0 atom stereocenters. The Bertz CT molecular complexity index is 1140. The lowest BCUT2D eigenvalue weighted by Gasteiger charge is -2.22. The summed E-state index contributed by atoms with van der Waals surface area (Å²) in [5.41, 5.74) is 1.94. The molecule has 0 saturated heterocycles. The second-order valence-corrected chi connectivity index (χ2v) is 7.77. The third-order valence-corrected chi connectivity index (χ3v) is 5.53. The van der Waals surface area contributed by atoms with Gasteiger partial charge in [-0.15, -0.1) is 0 Å². The van der Waals surface area contributed by atoms with Crippen LogP contribution in [0, 0.1) is 0 Å². The van der Waals surface area contributed by atoms with E-state index in [9.17, 15) is 14.4 Å². The molecule has 0 spiro atoms. The van der Waals surface area contributed by atoms with E-state index in [4.69, 9.17) is 0 Å². The molecule has 2 heterocycles. The molecule has 156 valence electrons. The Balaban J connectivity index is 1.45. The lowest BCUT2D eigenvalue weighted by molar-refractivity contribution is -0.116. The van der Waals surface area contributed by atoms with Crippen LogP contribution < -0.4 is 16.2 Å². The Morgan fingerprint density at radius 1 is 1.17 bits per heavy atom. The predicted molar refractivity (Wildman–Crippen MR) is 114 cm³/mol. The maximum atomic E-state index is 12.7. The highest BCUT2D eigenvalue weighted by molar-refractivity contribution is 5.95. The van der Waals surface area contributed by atoms with E-state index in [2.05, 4.69) is 15.6 Å². The van der Waals surface area contributed by atoms with Crippen molar-refractivity contribution in [2.75, 3.05) is 5.32 Å². The molecule has 1 aromatic carbocycles. The zero-order valence-corrected chi connectivity index (χ0v) is 16.9. The molecular weight excluding hydrogens is 382 g/mol. The standard InChI is InChI=1S/C22H25N5O3/c1-26-14-23-18-10-9-16(12-19(18)26)24-20(28)13-27-11-5-8-17(22(27)30)21(29)25-15-6-3-2-4-7-15/h5,8-12,14-15H,2-4,6-7,13H2,1H3,(H,24,28)(H,25,29). The number of nitrogens with zero attached hydrogens (tertiary/aromatic N) is 3. The molecule has 2 aromatic heterocycles. The summed E-state index contributed by atoms with van der Waals surface area (Å²) >= 11 is 0. The Hall–Kier alpha value is -3.42. The number of carbonyl (C=O) groups is 2. The Morgan fingerprint density at radius 2 is 1.97 bits per heavy atom. The average Bonchev–Trinajstić information content (AvgIpc) is 3.10. The number of nitrogens with one attached hydrogen (secondary N) is 2. The molecule has 8 nitrogen and oxygen atoms in total. The summed E-state index contributed by atoms with van der Waals surface area (Å²) in [5.74, 6) is -0.716. The molecule has 0 aliphatic heterocycles. The largest absolute Gasteiger partial charge is 0.349 e. The topological polar surface area (TPSA) is 98.0 Å². The van der Waals surface area contributed by atoms with Crippen LogP contribution in [0.4, 0.5) is 5.69 Å². The third-order valence-electron chi connectivity index (χ3n) is 5.53. The molecule has 2 amide bonds. The van der Waals surface area contributed by atoms with Crippen LogP contribution in [0.2, 0.25) is 0 Å². The highest BCUT2D eigenvalue weighted by Gasteiger charge is 2.19. The summed E-state index contributed by atoms with van der Waals surface area (Å²) in [4.78, 5) is 42.0. The first-order valence-electron chi connectivity index (χ1n) is 10.2. The normalized spacial score (nSPS) is 14.6. The van der Waals surface area contributed by atoms with Gasteiger partial charge in [0.25, 0.3) is 11.5 Å². The minimum Gasteiger partial charge on any atom is -0.349 e. The van der Waals surface area contributed by atoms with Crippen LogP contribution in [-0.2, 0) is 18.4 Å². The van der Waals surface area contributed by atoms with E-state index in [0.717, 1.165) is 36.7 Å². The van der Waals surface area contributed by atoms with Crippen molar-refractivity contribution in [3.8, 4) is 0 Å².